The summed E-state index contributed by atoms with van der Waals surface area (Å²) >= 11 is 0. The third-order valence-electron chi connectivity index (χ3n) is 3.17. The molecule has 0 saturated carbocycles. The van der Waals surface area contributed by atoms with Crippen LogP contribution >= 0.6 is 0 Å². The number of nitrogens with zero attached hydrogens (tertiary/aromatic N) is 2. The van der Waals surface area contributed by atoms with Gasteiger partial charge in [0, 0.05) is 18.7 Å². The van der Waals surface area contributed by atoms with E-state index in [9.17, 15) is 4.39 Å². The topological polar surface area (TPSA) is 49.8 Å². The van der Waals surface area contributed by atoms with Crippen LogP contribution in [-0.2, 0) is 6.54 Å². The molecule has 0 fully saturated rings. The van der Waals surface area contributed by atoms with Gasteiger partial charge in [0.1, 0.15) is 23.3 Å². The van der Waals surface area contributed by atoms with E-state index < -0.39 is 0 Å². The summed E-state index contributed by atoms with van der Waals surface area (Å²) in [6.07, 6.45) is 1.04. The van der Waals surface area contributed by atoms with Gasteiger partial charge < -0.3 is 10.6 Å². The molecule has 0 radical (unpaired) electrons. The van der Waals surface area contributed by atoms with Gasteiger partial charge in [0.05, 0.1) is 0 Å². The molecule has 0 bridgehead atoms. The first-order valence-electron chi connectivity index (χ1n) is 7.17. The van der Waals surface area contributed by atoms with E-state index in [0.717, 1.165) is 41.6 Å². The highest BCUT2D eigenvalue weighted by atomic mass is 19.1. The molecule has 0 spiro atoms. The second-order valence-corrected chi connectivity index (χ2v) is 5.00. The molecule has 0 amide bonds. The van der Waals surface area contributed by atoms with Crippen molar-refractivity contribution in [1.29, 1.82) is 0 Å². The van der Waals surface area contributed by atoms with Crippen LogP contribution in [0.3, 0.4) is 0 Å². The maximum Gasteiger partial charge on any atom is 0.135 e. The first-order chi connectivity index (χ1) is 10.1. The van der Waals surface area contributed by atoms with Crippen LogP contribution in [0, 0.1) is 19.7 Å². The van der Waals surface area contributed by atoms with Gasteiger partial charge in [-0.1, -0.05) is 19.1 Å². The Morgan fingerprint density at radius 3 is 2.24 bits per heavy atom. The number of rotatable bonds is 6. The lowest BCUT2D eigenvalue weighted by molar-refractivity contribution is 0.627. The fourth-order valence-corrected chi connectivity index (χ4v) is 2.00. The third kappa shape index (κ3) is 4.15. The van der Waals surface area contributed by atoms with Crippen LogP contribution in [0.5, 0.6) is 0 Å². The highest BCUT2D eigenvalue weighted by Crippen LogP contribution is 2.20. The van der Waals surface area contributed by atoms with E-state index in [0.29, 0.717) is 6.54 Å². The summed E-state index contributed by atoms with van der Waals surface area (Å²) in [5.74, 6) is 2.18. The molecule has 2 aromatic rings. The molecule has 112 valence electrons. The summed E-state index contributed by atoms with van der Waals surface area (Å²) in [6.45, 7) is 7.47. The Kier molecular flexibility index (Phi) is 5.09. The van der Waals surface area contributed by atoms with Gasteiger partial charge in [-0.2, -0.15) is 0 Å². The predicted octanol–water partition coefficient (Wildman–Crippen LogP) is 3.67. The first kappa shape index (κ1) is 15.2. The molecular formula is C16H21FN4. The van der Waals surface area contributed by atoms with Crippen molar-refractivity contribution < 1.29 is 4.39 Å². The standard InChI is InChI=1S/C16H21FN4/c1-4-9-18-15-11(2)16(21-12(3)20-15)19-10-13-5-7-14(17)8-6-13/h5-8H,4,9-10H2,1-3H3,(H2,18,19,20,21). The molecule has 2 N–H and O–H groups in total. The molecule has 0 aliphatic heterocycles. The van der Waals surface area contributed by atoms with Crippen molar-refractivity contribution in [3.8, 4) is 0 Å². The number of aromatic nitrogens is 2. The summed E-state index contributed by atoms with van der Waals surface area (Å²) in [4.78, 5) is 8.86. The zero-order valence-electron chi connectivity index (χ0n) is 12.7. The van der Waals surface area contributed by atoms with Crippen LogP contribution in [0.1, 0.15) is 30.3 Å². The third-order valence-corrected chi connectivity index (χ3v) is 3.17. The maximum atomic E-state index is 12.9. The second-order valence-electron chi connectivity index (χ2n) is 5.00. The van der Waals surface area contributed by atoms with Gasteiger partial charge in [-0.3, -0.25) is 0 Å². The van der Waals surface area contributed by atoms with Gasteiger partial charge in [0.15, 0.2) is 0 Å². The van der Waals surface area contributed by atoms with Gasteiger partial charge in [-0.25, -0.2) is 14.4 Å². The molecule has 0 aliphatic carbocycles. The zero-order chi connectivity index (χ0) is 15.2. The van der Waals surface area contributed by atoms with E-state index in [4.69, 9.17) is 0 Å². The smallest absolute Gasteiger partial charge is 0.135 e. The summed E-state index contributed by atoms with van der Waals surface area (Å²) < 4.78 is 12.9. The Morgan fingerprint density at radius 2 is 1.62 bits per heavy atom. The lowest BCUT2D eigenvalue weighted by atomic mass is 10.2. The van der Waals surface area contributed by atoms with Gasteiger partial charge >= 0.3 is 0 Å². The largest absolute Gasteiger partial charge is 0.370 e. The average Bonchev–Trinajstić information content (AvgIpc) is 2.48. The molecule has 21 heavy (non-hydrogen) atoms. The second kappa shape index (κ2) is 7.02. The number of nitrogens with one attached hydrogen (secondary N) is 2. The number of hydrogen-bond acceptors (Lipinski definition) is 4. The molecular weight excluding hydrogens is 267 g/mol. The van der Waals surface area contributed by atoms with Crippen LogP contribution in [0.15, 0.2) is 24.3 Å². The van der Waals surface area contributed by atoms with Crippen molar-refractivity contribution in [1.82, 2.24) is 9.97 Å². The molecule has 0 atom stereocenters. The normalized spacial score (nSPS) is 10.5. The molecule has 0 saturated heterocycles. The quantitative estimate of drug-likeness (QED) is 0.851. The minimum Gasteiger partial charge on any atom is -0.370 e. The molecule has 5 heteroatoms. The van der Waals surface area contributed by atoms with E-state index in [1.54, 1.807) is 12.1 Å². The van der Waals surface area contributed by atoms with Crippen molar-refractivity contribution in [3.63, 3.8) is 0 Å². The van der Waals surface area contributed by atoms with Crippen molar-refractivity contribution in [2.75, 3.05) is 17.2 Å². The van der Waals surface area contributed by atoms with Gasteiger partial charge in [-0.15, -0.1) is 0 Å². The molecule has 4 nitrogen and oxygen atoms in total. The number of aryl methyl sites for hydroxylation is 1. The monoisotopic (exact) mass is 288 g/mol. The summed E-state index contributed by atoms with van der Waals surface area (Å²) in [6, 6.07) is 6.45. The van der Waals surface area contributed by atoms with Crippen LogP contribution < -0.4 is 10.6 Å². The van der Waals surface area contributed by atoms with Crippen LogP contribution in [-0.4, -0.2) is 16.5 Å². The van der Waals surface area contributed by atoms with Crippen molar-refractivity contribution in [2.45, 2.75) is 33.7 Å². The Bertz CT molecular complexity index is 596. The van der Waals surface area contributed by atoms with Crippen LogP contribution in [0.4, 0.5) is 16.0 Å². The molecule has 0 aliphatic rings. The van der Waals surface area contributed by atoms with E-state index in [-0.39, 0.29) is 5.82 Å². The van der Waals surface area contributed by atoms with E-state index >= 15 is 0 Å². The Hall–Kier alpha value is -2.17. The van der Waals surface area contributed by atoms with Gasteiger partial charge in [-0.05, 0) is 38.0 Å². The predicted molar refractivity (Wildman–Crippen MR) is 84.0 cm³/mol. The Balaban J connectivity index is 2.11. The highest BCUT2D eigenvalue weighted by Gasteiger charge is 2.08. The van der Waals surface area contributed by atoms with E-state index in [1.807, 2.05) is 13.8 Å². The summed E-state index contributed by atoms with van der Waals surface area (Å²) in [5, 5.41) is 6.60. The van der Waals surface area contributed by atoms with Crippen molar-refractivity contribution in [2.24, 2.45) is 0 Å². The lowest BCUT2D eigenvalue weighted by Crippen LogP contribution is -2.10. The van der Waals surface area contributed by atoms with Crippen molar-refractivity contribution >= 4 is 11.6 Å². The fourth-order valence-electron chi connectivity index (χ4n) is 2.00. The van der Waals surface area contributed by atoms with Gasteiger partial charge in [0.25, 0.3) is 0 Å². The number of halogens is 1. The number of anilines is 2. The molecule has 1 aromatic carbocycles. The molecule has 0 unspecified atom stereocenters. The van der Waals surface area contributed by atoms with Crippen molar-refractivity contribution in [3.05, 3.63) is 47.0 Å². The first-order valence-corrected chi connectivity index (χ1v) is 7.17. The fraction of sp³-hybridized carbons (Fsp3) is 0.375. The van der Waals surface area contributed by atoms with Gasteiger partial charge in [0.2, 0.25) is 0 Å². The van der Waals surface area contributed by atoms with Crippen LogP contribution in [0.2, 0.25) is 0 Å². The molecule has 1 aromatic heterocycles. The minimum atomic E-state index is -0.223. The average molecular weight is 288 g/mol. The summed E-state index contributed by atoms with van der Waals surface area (Å²) in [5.41, 5.74) is 2.01. The Morgan fingerprint density at radius 1 is 1.00 bits per heavy atom. The molecule has 1 heterocycles. The summed E-state index contributed by atoms with van der Waals surface area (Å²) in [7, 11) is 0. The Labute approximate surface area is 124 Å². The minimum absolute atomic E-state index is 0.223. The number of hydrogen-bond donors (Lipinski definition) is 2. The lowest BCUT2D eigenvalue weighted by Gasteiger charge is -2.14. The maximum absolute atomic E-state index is 12.9. The molecule has 2 rings (SSSR count). The number of benzene rings is 1. The van der Waals surface area contributed by atoms with E-state index in [2.05, 4.69) is 27.5 Å². The van der Waals surface area contributed by atoms with E-state index in [1.165, 1.54) is 12.1 Å². The SMILES string of the molecule is CCCNc1nc(C)nc(NCc2ccc(F)cc2)c1C. The van der Waals surface area contributed by atoms with Crippen LogP contribution in [0.25, 0.3) is 0 Å². The zero-order valence-corrected chi connectivity index (χ0v) is 12.7. The highest BCUT2D eigenvalue weighted by molar-refractivity contribution is 5.57.